The first kappa shape index (κ1) is 29.2. The van der Waals surface area contributed by atoms with Crippen molar-refractivity contribution in [3.05, 3.63) is 194 Å². The molecule has 0 bridgehead atoms. The summed E-state index contributed by atoms with van der Waals surface area (Å²) in [7, 11) is 0. The Hall–Kier alpha value is -6.77. The van der Waals surface area contributed by atoms with Gasteiger partial charge in [-0.2, -0.15) is 0 Å². The maximum Gasteiger partial charge on any atom is 0.137 e. The Kier molecular flexibility index (Phi) is 6.85. The number of imidazole rings is 1. The second-order valence-corrected chi connectivity index (χ2v) is 13.2. The van der Waals surface area contributed by atoms with Crippen LogP contribution in [0.25, 0.3) is 93.7 Å². The van der Waals surface area contributed by atoms with Gasteiger partial charge in [0.05, 0.1) is 5.69 Å². The van der Waals surface area contributed by atoms with Gasteiger partial charge in [0.15, 0.2) is 0 Å². The average molecular weight is 649 g/mol. The van der Waals surface area contributed by atoms with Gasteiger partial charge in [0.1, 0.15) is 5.65 Å². The van der Waals surface area contributed by atoms with E-state index in [0.29, 0.717) is 0 Å². The number of hydrogen-bond donors (Lipinski definition) is 0. The molecule has 238 valence electrons. The number of aromatic nitrogens is 2. The molecule has 0 unspecified atom stereocenters. The van der Waals surface area contributed by atoms with Crippen LogP contribution in [0.5, 0.6) is 0 Å². The van der Waals surface area contributed by atoms with Gasteiger partial charge in [-0.3, -0.25) is 0 Å². The maximum absolute atomic E-state index is 4.84. The summed E-state index contributed by atoms with van der Waals surface area (Å²) >= 11 is 0. The maximum atomic E-state index is 4.84. The molecule has 0 fully saturated rings. The van der Waals surface area contributed by atoms with Gasteiger partial charge in [-0.25, -0.2) is 4.98 Å². The number of pyridine rings is 1. The molecule has 0 aliphatic carbocycles. The molecular formula is C49H32N2. The Morgan fingerprint density at radius 2 is 0.765 bits per heavy atom. The van der Waals surface area contributed by atoms with Gasteiger partial charge in [0.2, 0.25) is 0 Å². The largest absolute Gasteiger partial charge is 0.306 e. The second kappa shape index (κ2) is 12.0. The predicted molar refractivity (Wildman–Crippen MR) is 215 cm³/mol. The minimum atomic E-state index is 0.951. The van der Waals surface area contributed by atoms with Crippen molar-refractivity contribution in [1.82, 2.24) is 9.38 Å². The highest BCUT2D eigenvalue weighted by Gasteiger charge is 2.17. The van der Waals surface area contributed by atoms with Crippen molar-refractivity contribution in [2.24, 2.45) is 0 Å². The minimum Gasteiger partial charge on any atom is -0.306 e. The number of benzene rings is 8. The summed E-state index contributed by atoms with van der Waals surface area (Å²) in [6, 6.07) is 65.9. The highest BCUT2D eigenvalue weighted by Crippen LogP contribution is 2.44. The van der Waals surface area contributed by atoms with Gasteiger partial charge < -0.3 is 4.40 Å². The van der Waals surface area contributed by atoms with Gasteiger partial charge in [0, 0.05) is 18.0 Å². The van der Waals surface area contributed by atoms with Crippen LogP contribution in [0.4, 0.5) is 0 Å². The monoisotopic (exact) mass is 648 g/mol. The van der Waals surface area contributed by atoms with Crippen molar-refractivity contribution in [1.29, 1.82) is 0 Å². The van der Waals surface area contributed by atoms with Gasteiger partial charge in [-0.05, 0) is 95.0 Å². The van der Waals surface area contributed by atoms with Gasteiger partial charge in [-0.1, -0.05) is 164 Å². The number of hydrogen-bond acceptors (Lipinski definition) is 1. The summed E-state index contributed by atoms with van der Waals surface area (Å²) < 4.78 is 2.07. The lowest BCUT2D eigenvalue weighted by Gasteiger charge is -2.18. The first-order valence-corrected chi connectivity index (χ1v) is 17.4. The lowest BCUT2D eigenvalue weighted by Crippen LogP contribution is -1.91. The van der Waals surface area contributed by atoms with E-state index in [9.17, 15) is 0 Å². The third-order valence-electron chi connectivity index (χ3n) is 10.2. The minimum absolute atomic E-state index is 0.951. The van der Waals surface area contributed by atoms with Crippen LogP contribution in [0.1, 0.15) is 0 Å². The second-order valence-electron chi connectivity index (χ2n) is 13.2. The van der Waals surface area contributed by atoms with Crippen LogP contribution >= 0.6 is 0 Å². The first-order chi connectivity index (χ1) is 25.3. The van der Waals surface area contributed by atoms with Crippen molar-refractivity contribution in [3.8, 4) is 55.8 Å². The van der Waals surface area contributed by atoms with Crippen LogP contribution in [0.2, 0.25) is 0 Å². The smallest absolute Gasteiger partial charge is 0.137 e. The zero-order valence-corrected chi connectivity index (χ0v) is 27.9. The Bertz CT molecular complexity index is 2790. The van der Waals surface area contributed by atoms with E-state index in [1.54, 1.807) is 0 Å². The van der Waals surface area contributed by atoms with Gasteiger partial charge >= 0.3 is 0 Å². The number of fused-ring (bicyclic) bond motifs is 4. The zero-order chi connectivity index (χ0) is 33.7. The molecule has 0 aliphatic rings. The molecular weight excluding hydrogens is 617 g/mol. The fourth-order valence-corrected chi connectivity index (χ4v) is 7.69. The molecule has 0 saturated carbocycles. The SMILES string of the molecule is c1ccc2cc(-c3ccc(-c4ccc(-c5c6ccccc6c(-c6ccc(-c7cn8ccccc8n7)cc6)c6ccccc56)cc4)cc3)ccc2c1. The van der Waals surface area contributed by atoms with Crippen LogP contribution in [0.3, 0.4) is 0 Å². The quantitative estimate of drug-likeness (QED) is 0.170. The molecule has 0 radical (unpaired) electrons. The third kappa shape index (κ3) is 5.08. The van der Waals surface area contributed by atoms with Crippen molar-refractivity contribution in [3.63, 3.8) is 0 Å². The molecule has 0 spiro atoms. The Morgan fingerprint density at radius 3 is 1.31 bits per heavy atom. The summed E-state index contributed by atoms with van der Waals surface area (Å²) in [5.74, 6) is 0. The van der Waals surface area contributed by atoms with Crippen molar-refractivity contribution >= 4 is 38.0 Å². The summed E-state index contributed by atoms with van der Waals surface area (Å²) in [5.41, 5.74) is 12.9. The Morgan fingerprint density at radius 1 is 0.333 bits per heavy atom. The van der Waals surface area contributed by atoms with E-state index in [0.717, 1.165) is 16.9 Å². The topological polar surface area (TPSA) is 17.3 Å². The number of rotatable bonds is 5. The van der Waals surface area contributed by atoms with E-state index in [1.807, 2.05) is 24.4 Å². The van der Waals surface area contributed by atoms with E-state index in [-0.39, 0.29) is 0 Å². The van der Waals surface area contributed by atoms with Crippen LogP contribution in [0, 0.1) is 0 Å². The summed E-state index contributed by atoms with van der Waals surface area (Å²) in [6.07, 6.45) is 4.13. The molecule has 0 saturated heterocycles. The Balaban J connectivity index is 1.02. The molecule has 10 rings (SSSR count). The lowest BCUT2D eigenvalue weighted by atomic mass is 9.85. The van der Waals surface area contributed by atoms with E-state index in [4.69, 9.17) is 4.98 Å². The standard InChI is InChI=1S/C49H32N2/c1-2-10-40-31-41(29-22-33(40)9-1)36-18-16-34(17-19-36)35-20-25-38(26-21-35)48-42-11-3-5-13-44(42)49(45-14-6-4-12-43(45)48)39-27-23-37(24-28-39)46-32-51-30-8-7-15-47(51)50-46/h1-32H. The molecule has 51 heavy (non-hydrogen) atoms. The zero-order valence-electron chi connectivity index (χ0n) is 27.9. The molecule has 2 aromatic heterocycles. The summed E-state index contributed by atoms with van der Waals surface area (Å²) in [4.78, 5) is 4.84. The molecule has 8 aromatic carbocycles. The molecule has 0 atom stereocenters. The number of nitrogens with zero attached hydrogens (tertiary/aromatic N) is 2. The first-order valence-electron chi connectivity index (χ1n) is 17.4. The van der Waals surface area contributed by atoms with Crippen molar-refractivity contribution in [2.45, 2.75) is 0 Å². The van der Waals surface area contributed by atoms with Gasteiger partial charge in [-0.15, -0.1) is 0 Å². The normalized spacial score (nSPS) is 11.5. The summed E-state index contributed by atoms with van der Waals surface area (Å²) in [5, 5.41) is 7.54. The Labute approximate surface area is 296 Å². The highest BCUT2D eigenvalue weighted by molar-refractivity contribution is 6.21. The van der Waals surface area contributed by atoms with E-state index < -0.39 is 0 Å². The van der Waals surface area contributed by atoms with E-state index >= 15 is 0 Å². The summed E-state index contributed by atoms with van der Waals surface area (Å²) in [6.45, 7) is 0. The van der Waals surface area contributed by atoms with E-state index in [2.05, 4.69) is 174 Å². The fourth-order valence-electron chi connectivity index (χ4n) is 7.69. The third-order valence-corrected chi connectivity index (χ3v) is 10.2. The molecule has 0 aliphatic heterocycles. The van der Waals surface area contributed by atoms with Crippen LogP contribution in [-0.2, 0) is 0 Å². The van der Waals surface area contributed by atoms with Gasteiger partial charge in [0.25, 0.3) is 0 Å². The van der Waals surface area contributed by atoms with Crippen molar-refractivity contribution in [2.75, 3.05) is 0 Å². The lowest BCUT2D eigenvalue weighted by molar-refractivity contribution is 1.19. The van der Waals surface area contributed by atoms with Crippen LogP contribution in [-0.4, -0.2) is 9.38 Å². The molecule has 10 aromatic rings. The molecule has 0 N–H and O–H groups in total. The average Bonchev–Trinajstić information content (AvgIpc) is 3.65. The molecule has 2 heterocycles. The highest BCUT2D eigenvalue weighted by atomic mass is 15.0. The molecule has 2 heteroatoms. The van der Waals surface area contributed by atoms with Crippen LogP contribution in [0.15, 0.2) is 194 Å². The fraction of sp³-hybridized carbons (Fsp3) is 0. The predicted octanol–water partition coefficient (Wildman–Crippen LogP) is 13.1. The molecule has 0 amide bonds. The van der Waals surface area contributed by atoms with Crippen molar-refractivity contribution < 1.29 is 0 Å². The van der Waals surface area contributed by atoms with Crippen LogP contribution < -0.4 is 0 Å². The molecule has 2 nitrogen and oxygen atoms in total. The van der Waals surface area contributed by atoms with E-state index in [1.165, 1.54) is 76.8 Å².